The maximum atomic E-state index is 12.1. The number of hydrogen-bond acceptors (Lipinski definition) is 4. The van der Waals surface area contributed by atoms with Gasteiger partial charge in [-0.1, -0.05) is 0 Å². The van der Waals surface area contributed by atoms with Crippen LogP contribution in [0.3, 0.4) is 0 Å². The minimum Gasteiger partial charge on any atom is -0.343 e. The highest BCUT2D eigenvalue weighted by atomic mass is 16.2. The van der Waals surface area contributed by atoms with Crippen LogP contribution in [0.4, 0.5) is 0 Å². The summed E-state index contributed by atoms with van der Waals surface area (Å²) in [5, 5.41) is 7.91. The number of amides is 1. The summed E-state index contributed by atoms with van der Waals surface area (Å²) >= 11 is 0. The Balaban J connectivity index is 1.41. The number of carbonyl (C=O) groups excluding carboxylic acids is 1. The molecule has 0 unspecified atom stereocenters. The van der Waals surface area contributed by atoms with Gasteiger partial charge in [-0.05, 0) is 32.6 Å². The van der Waals surface area contributed by atoms with Crippen molar-refractivity contribution in [3.05, 3.63) is 11.6 Å². The van der Waals surface area contributed by atoms with Crippen molar-refractivity contribution in [2.75, 3.05) is 19.6 Å². The Hall–Kier alpha value is -1.43. The van der Waals surface area contributed by atoms with Gasteiger partial charge >= 0.3 is 0 Å². The first-order chi connectivity index (χ1) is 10.2. The van der Waals surface area contributed by atoms with Gasteiger partial charge in [-0.3, -0.25) is 4.79 Å². The van der Waals surface area contributed by atoms with Crippen molar-refractivity contribution in [2.24, 2.45) is 0 Å². The number of fused-ring (bicyclic) bond motifs is 1. The Bertz CT molecular complexity index is 492. The fourth-order valence-electron chi connectivity index (χ4n) is 3.29. The quantitative estimate of drug-likeness (QED) is 0.895. The fraction of sp³-hybridized carbons (Fsp3) is 0.800. The van der Waals surface area contributed by atoms with Crippen LogP contribution in [0.2, 0.25) is 0 Å². The Labute approximate surface area is 125 Å². The van der Waals surface area contributed by atoms with E-state index in [2.05, 4.69) is 15.4 Å². The molecule has 1 atom stereocenters. The van der Waals surface area contributed by atoms with E-state index >= 15 is 0 Å². The van der Waals surface area contributed by atoms with Gasteiger partial charge in [0.2, 0.25) is 5.91 Å². The number of aromatic nitrogens is 3. The summed E-state index contributed by atoms with van der Waals surface area (Å²) in [5.41, 5.74) is 0. The van der Waals surface area contributed by atoms with Crippen LogP contribution in [0.25, 0.3) is 0 Å². The van der Waals surface area contributed by atoms with Crippen molar-refractivity contribution in [1.29, 1.82) is 0 Å². The zero-order chi connectivity index (χ0) is 14.7. The van der Waals surface area contributed by atoms with Gasteiger partial charge in [-0.2, -0.15) is 5.10 Å². The van der Waals surface area contributed by atoms with Gasteiger partial charge < -0.3 is 10.2 Å². The maximum absolute atomic E-state index is 12.1. The molecular formula is C15H25N5O. The van der Waals surface area contributed by atoms with Crippen molar-refractivity contribution in [1.82, 2.24) is 25.0 Å². The molecule has 3 heterocycles. The molecule has 1 N–H and O–H groups in total. The maximum Gasteiger partial charge on any atom is 0.223 e. The molecule has 3 rings (SSSR count). The number of rotatable bonds is 4. The van der Waals surface area contributed by atoms with Gasteiger partial charge in [-0.15, -0.1) is 0 Å². The fourth-order valence-corrected chi connectivity index (χ4v) is 3.29. The number of nitrogens with zero attached hydrogens (tertiary/aromatic N) is 4. The summed E-state index contributed by atoms with van der Waals surface area (Å²) in [4.78, 5) is 18.5. The molecule has 0 saturated carbocycles. The van der Waals surface area contributed by atoms with E-state index < -0.39 is 0 Å². The lowest BCUT2D eigenvalue weighted by molar-refractivity contribution is -0.132. The minimum atomic E-state index is 0.301. The largest absolute Gasteiger partial charge is 0.343 e. The van der Waals surface area contributed by atoms with E-state index in [-0.39, 0.29) is 0 Å². The number of carbonyl (C=O) groups is 1. The van der Waals surface area contributed by atoms with E-state index in [9.17, 15) is 4.79 Å². The highest BCUT2D eigenvalue weighted by molar-refractivity contribution is 5.76. The third-order valence-corrected chi connectivity index (χ3v) is 4.44. The van der Waals surface area contributed by atoms with Crippen LogP contribution >= 0.6 is 0 Å². The zero-order valence-electron chi connectivity index (χ0n) is 12.8. The van der Waals surface area contributed by atoms with Crippen molar-refractivity contribution < 1.29 is 4.79 Å². The summed E-state index contributed by atoms with van der Waals surface area (Å²) in [6.45, 7) is 5.47. The highest BCUT2D eigenvalue weighted by Crippen LogP contribution is 2.13. The molecule has 116 valence electrons. The number of hydrogen-bond donors (Lipinski definition) is 1. The second-order valence-electron chi connectivity index (χ2n) is 6.14. The number of aryl methyl sites for hydroxylation is 2. The van der Waals surface area contributed by atoms with Crippen molar-refractivity contribution in [3.8, 4) is 0 Å². The molecule has 6 nitrogen and oxygen atoms in total. The summed E-state index contributed by atoms with van der Waals surface area (Å²) < 4.78 is 2.00. The SMILES string of the molecule is Cc1nc2n(n1)C[C@@H](NCCC(=O)N1CCCCC1)CC2. The molecule has 0 aromatic carbocycles. The van der Waals surface area contributed by atoms with E-state index in [0.717, 1.165) is 63.5 Å². The van der Waals surface area contributed by atoms with Gasteiger partial charge in [-0.25, -0.2) is 9.67 Å². The normalized spacial score (nSPS) is 22.1. The molecule has 0 radical (unpaired) electrons. The summed E-state index contributed by atoms with van der Waals surface area (Å²) in [7, 11) is 0. The van der Waals surface area contributed by atoms with Crippen LogP contribution in [0.15, 0.2) is 0 Å². The van der Waals surface area contributed by atoms with E-state index in [1.54, 1.807) is 0 Å². The average Bonchev–Trinajstić information content (AvgIpc) is 2.87. The van der Waals surface area contributed by atoms with E-state index in [0.29, 0.717) is 18.4 Å². The molecule has 1 saturated heterocycles. The molecule has 2 aliphatic rings. The molecule has 0 bridgehead atoms. The third-order valence-electron chi connectivity index (χ3n) is 4.44. The van der Waals surface area contributed by atoms with Crippen LogP contribution < -0.4 is 5.32 Å². The lowest BCUT2D eigenvalue weighted by Gasteiger charge is -2.27. The van der Waals surface area contributed by atoms with E-state index in [1.165, 1.54) is 6.42 Å². The Kier molecular flexibility index (Phi) is 4.53. The number of likely N-dealkylation sites (tertiary alicyclic amines) is 1. The highest BCUT2D eigenvalue weighted by Gasteiger charge is 2.21. The van der Waals surface area contributed by atoms with Gasteiger partial charge in [0.05, 0.1) is 6.54 Å². The van der Waals surface area contributed by atoms with Crippen molar-refractivity contribution >= 4 is 5.91 Å². The molecule has 21 heavy (non-hydrogen) atoms. The molecular weight excluding hydrogens is 266 g/mol. The lowest BCUT2D eigenvalue weighted by atomic mass is 10.1. The second kappa shape index (κ2) is 6.56. The monoisotopic (exact) mass is 291 g/mol. The molecule has 6 heteroatoms. The van der Waals surface area contributed by atoms with Crippen LogP contribution in [-0.2, 0) is 17.8 Å². The standard InChI is InChI=1S/C15H25N5O/c1-12-17-14-6-5-13(11-20(14)18-12)16-8-7-15(21)19-9-3-2-4-10-19/h13,16H,2-11H2,1H3/t13-/m0/s1. The first-order valence-electron chi connectivity index (χ1n) is 8.14. The summed E-state index contributed by atoms with van der Waals surface area (Å²) in [6, 6.07) is 0.410. The van der Waals surface area contributed by atoms with Gasteiger partial charge in [0, 0.05) is 38.5 Å². The average molecular weight is 291 g/mol. The van der Waals surface area contributed by atoms with Crippen LogP contribution in [0.5, 0.6) is 0 Å². The van der Waals surface area contributed by atoms with Gasteiger partial charge in [0.25, 0.3) is 0 Å². The lowest BCUT2D eigenvalue weighted by Crippen LogP contribution is -2.41. The van der Waals surface area contributed by atoms with E-state index in [1.807, 2.05) is 16.5 Å². The van der Waals surface area contributed by atoms with Gasteiger partial charge in [0.1, 0.15) is 11.6 Å². The molecule has 0 spiro atoms. The number of piperidine rings is 1. The first-order valence-corrected chi connectivity index (χ1v) is 8.14. The predicted octanol–water partition coefficient (Wildman–Crippen LogP) is 0.894. The third kappa shape index (κ3) is 3.61. The first kappa shape index (κ1) is 14.5. The minimum absolute atomic E-state index is 0.301. The van der Waals surface area contributed by atoms with Crippen LogP contribution in [0, 0.1) is 6.92 Å². The number of nitrogens with one attached hydrogen (secondary N) is 1. The Morgan fingerprint density at radius 3 is 2.95 bits per heavy atom. The van der Waals surface area contributed by atoms with Crippen molar-refractivity contribution in [3.63, 3.8) is 0 Å². The van der Waals surface area contributed by atoms with Crippen LogP contribution in [0.1, 0.15) is 43.8 Å². The second-order valence-corrected chi connectivity index (χ2v) is 6.14. The Morgan fingerprint density at radius 2 is 2.14 bits per heavy atom. The molecule has 1 fully saturated rings. The van der Waals surface area contributed by atoms with Gasteiger partial charge in [0.15, 0.2) is 0 Å². The van der Waals surface area contributed by atoms with Crippen molar-refractivity contribution in [2.45, 2.75) is 58.0 Å². The smallest absolute Gasteiger partial charge is 0.223 e. The molecule has 2 aliphatic heterocycles. The zero-order valence-corrected chi connectivity index (χ0v) is 12.8. The summed E-state index contributed by atoms with van der Waals surface area (Å²) in [6.07, 6.45) is 6.25. The van der Waals surface area contributed by atoms with E-state index in [4.69, 9.17) is 0 Å². The molecule has 1 amide bonds. The topological polar surface area (TPSA) is 63.1 Å². The Morgan fingerprint density at radius 1 is 1.33 bits per heavy atom. The predicted molar refractivity (Wildman–Crippen MR) is 79.9 cm³/mol. The molecule has 1 aromatic rings. The van der Waals surface area contributed by atoms with Crippen LogP contribution in [-0.4, -0.2) is 51.2 Å². The summed E-state index contributed by atoms with van der Waals surface area (Å²) in [5.74, 6) is 2.25. The molecule has 0 aliphatic carbocycles. The molecule has 1 aromatic heterocycles.